The van der Waals surface area contributed by atoms with E-state index in [4.69, 9.17) is 4.74 Å². The number of ether oxygens (including phenoxy) is 1. The number of amides is 1. The fourth-order valence-corrected chi connectivity index (χ4v) is 3.62. The Labute approximate surface area is 152 Å². The largest absolute Gasteiger partial charge is 0.378 e. The van der Waals surface area contributed by atoms with Crippen LogP contribution in [0.25, 0.3) is 0 Å². The number of anilines is 2. The average Bonchev–Trinajstić information content (AvgIpc) is 3.00. The number of aromatic nitrogens is 1. The van der Waals surface area contributed by atoms with Gasteiger partial charge in [-0.05, 0) is 25.6 Å². The molecule has 1 aliphatic rings. The predicted octanol–water partition coefficient (Wildman–Crippen LogP) is 2.36. The van der Waals surface area contributed by atoms with E-state index in [0.717, 1.165) is 38.5 Å². The van der Waals surface area contributed by atoms with Crippen LogP contribution in [0.1, 0.15) is 11.3 Å². The molecule has 1 N–H and O–H groups in total. The zero-order chi connectivity index (χ0) is 17.6. The first-order valence-electron chi connectivity index (χ1n) is 8.43. The Morgan fingerprint density at radius 2 is 2.12 bits per heavy atom. The molecule has 0 saturated carbocycles. The summed E-state index contributed by atoms with van der Waals surface area (Å²) in [5.41, 5.74) is 3.38. The minimum Gasteiger partial charge on any atom is -0.378 e. The molecule has 0 radical (unpaired) electrons. The van der Waals surface area contributed by atoms with Crippen molar-refractivity contribution in [3.63, 3.8) is 0 Å². The lowest BCUT2D eigenvalue weighted by molar-refractivity contribution is -0.117. The monoisotopic (exact) mass is 360 g/mol. The molecule has 25 heavy (non-hydrogen) atoms. The maximum Gasteiger partial charge on any atom is 0.240 e. The number of rotatable bonds is 6. The van der Waals surface area contributed by atoms with Crippen molar-refractivity contribution >= 4 is 28.1 Å². The van der Waals surface area contributed by atoms with Crippen molar-refractivity contribution in [2.45, 2.75) is 13.5 Å². The van der Waals surface area contributed by atoms with Crippen LogP contribution in [0.3, 0.4) is 0 Å². The lowest BCUT2D eigenvalue weighted by Crippen LogP contribution is -2.37. The lowest BCUT2D eigenvalue weighted by Gasteiger charge is -2.31. The van der Waals surface area contributed by atoms with Crippen LogP contribution in [0.15, 0.2) is 29.6 Å². The number of nitrogens with one attached hydrogen (secondary N) is 1. The topological polar surface area (TPSA) is 57.7 Å². The van der Waals surface area contributed by atoms with Crippen molar-refractivity contribution in [3.05, 3.63) is 40.9 Å². The fraction of sp³-hybridized carbons (Fsp3) is 0.444. The normalized spacial score (nSPS) is 14.8. The third-order valence-corrected chi connectivity index (χ3v) is 4.94. The maximum absolute atomic E-state index is 12.2. The standard InChI is InChI=1S/C18H24N4O2S/c1-14-13-25-18(19-14)20-17(23)12-21(2)11-15-5-3-4-6-16(15)22-7-9-24-10-8-22/h3-6,13H,7-12H2,1-2H3,(H,19,20,23). The molecular formula is C18H24N4O2S. The molecule has 2 heterocycles. The van der Waals surface area contributed by atoms with E-state index in [0.29, 0.717) is 11.7 Å². The van der Waals surface area contributed by atoms with Gasteiger partial charge in [0.2, 0.25) is 5.91 Å². The zero-order valence-corrected chi connectivity index (χ0v) is 15.5. The van der Waals surface area contributed by atoms with Gasteiger partial charge < -0.3 is 15.0 Å². The van der Waals surface area contributed by atoms with Gasteiger partial charge in [-0.1, -0.05) is 18.2 Å². The summed E-state index contributed by atoms with van der Waals surface area (Å²) in [6, 6.07) is 8.38. The van der Waals surface area contributed by atoms with Gasteiger partial charge in [0, 0.05) is 30.7 Å². The van der Waals surface area contributed by atoms with Gasteiger partial charge in [-0.15, -0.1) is 11.3 Å². The highest BCUT2D eigenvalue weighted by molar-refractivity contribution is 7.13. The van der Waals surface area contributed by atoms with Crippen molar-refractivity contribution in [1.82, 2.24) is 9.88 Å². The van der Waals surface area contributed by atoms with E-state index in [2.05, 4.69) is 33.4 Å². The van der Waals surface area contributed by atoms with E-state index in [1.807, 2.05) is 30.3 Å². The second-order valence-corrected chi connectivity index (χ2v) is 7.10. The van der Waals surface area contributed by atoms with Gasteiger partial charge in [0.05, 0.1) is 25.5 Å². The van der Waals surface area contributed by atoms with Crippen LogP contribution in [0.4, 0.5) is 10.8 Å². The lowest BCUT2D eigenvalue weighted by atomic mass is 10.1. The first-order valence-corrected chi connectivity index (χ1v) is 9.31. The number of aryl methyl sites for hydroxylation is 1. The van der Waals surface area contributed by atoms with Gasteiger partial charge in [-0.25, -0.2) is 4.98 Å². The summed E-state index contributed by atoms with van der Waals surface area (Å²) in [6.45, 7) is 6.31. The highest BCUT2D eigenvalue weighted by Gasteiger charge is 2.16. The third kappa shape index (κ3) is 5.01. The number of hydrogen-bond acceptors (Lipinski definition) is 6. The van der Waals surface area contributed by atoms with Crippen LogP contribution in [0.5, 0.6) is 0 Å². The molecule has 1 saturated heterocycles. The number of morpholine rings is 1. The number of carbonyl (C=O) groups excluding carboxylic acids is 1. The Morgan fingerprint density at radius 3 is 2.84 bits per heavy atom. The van der Waals surface area contributed by atoms with Gasteiger partial charge in [0.1, 0.15) is 0 Å². The van der Waals surface area contributed by atoms with Gasteiger partial charge >= 0.3 is 0 Å². The number of carbonyl (C=O) groups is 1. The van der Waals surface area contributed by atoms with Gasteiger partial charge in [0.25, 0.3) is 0 Å². The van der Waals surface area contributed by atoms with Crippen molar-refractivity contribution < 1.29 is 9.53 Å². The first-order chi connectivity index (χ1) is 12.1. The Morgan fingerprint density at radius 1 is 1.36 bits per heavy atom. The molecule has 7 heteroatoms. The summed E-state index contributed by atoms with van der Waals surface area (Å²) in [7, 11) is 1.96. The number of likely N-dealkylation sites (N-methyl/N-ethyl adjacent to an activating group) is 1. The number of nitrogens with zero attached hydrogens (tertiary/aromatic N) is 3. The molecule has 0 bridgehead atoms. The summed E-state index contributed by atoms with van der Waals surface area (Å²) in [6.07, 6.45) is 0. The summed E-state index contributed by atoms with van der Waals surface area (Å²) in [5, 5.41) is 5.44. The van der Waals surface area contributed by atoms with Gasteiger partial charge in [-0.2, -0.15) is 0 Å². The highest BCUT2D eigenvalue weighted by Crippen LogP contribution is 2.22. The van der Waals surface area contributed by atoms with Gasteiger partial charge in [0.15, 0.2) is 5.13 Å². The van der Waals surface area contributed by atoms with Crippen LogP contribution in [-0.2, 0) is 16.1 Å². The molecule has 1 aromatic heterocycles. The van der Waals surface area contributed by atoms with Gasteiger partial charge in [-0.3, -0.25) is 9.69 Å². The van der Waals surface area contributed by atoms with E-state index in [-0.39, 0.29) is 5.91 Å². The van der Waals surface area contributed by atoms with E-state index in [9.17, 15) is 4.79 Å². The van der Waals surface area contributed by atoms with Crippen LogP contribution in [-0.4, -0.2) is 55.7 Å². The molecule has 134 valence electrons. The second-order valence-electron chi connectivity index (χ2n) is 6.24. The van der Waals surface area contributed by atoms with Crippen LogP contribution in [0, 0.1) is 6.92 Å². The molecule has 0 spiro atoms. The Hall–Kier alpha value is -1.96. The molecule has 0 atom stereocenters. The number of thiazole rings is 1. The Bertz CT molecular complexity index is 713. The fourth-order valence-electron chi connectivity index (χ4n) is 2.92. The molecule has 3 rings (SSSR count). The van der Waals surface area contributed by atoms with E-state index < -0.39 is 0 Å². The van der Waals surface area contributed by atoms with E-state index >= 15 is 0 Å². The summed E-state index contributed by atoms with van der Waals surface area (Å²) in [4.78, 5) is 20.8. The molecule has 2 aromatic rings. The van der Waals surface area contributed by atoms with Crippen molar-refractivity contribution in [2.75, 3.05) is 50.1 Å². The predicted molar refractivity (Wildman–Crippen MR) is 101 cm³/mol. The molecule has 0 aliphatic carbocycles. The van der Waals surface area contributed by atoms with E-state index in [1.54, 1.807) is 0 Å². The third-order valence-electron chi connectivity index (χ3n) is 4.06. The average molecular weight is 360 g/mol. The molecule has 0 unspecified atom stereocenters. The van der Waals surface area contributed by atoms with Crippen LogP contribution >= 0.6 is 11.3 Å². The highest BCUT2D eigenvalue weighted by atomic mass is 32.1. The smallest absolute Gasteiger partial charge is 0.240 e. The quantitative estimate of drug-likeness (QED) is 0.857. The Kier molecular flexibility index (Phi) is 6.01. The van der Waals surface area contributed by atoms with Crippen molar-refractivity contribution in [3.8, 4) is 0 Å². The summed E-state index contributed by atoms with van der Waals surface area (Å²) < 4.78 is 5.44. The van der Waals surface area contributed by atoms with Crippen LogP contribution < -0.4 is 10.2 Å². The Balaban J connectivity index is 1.58. The molecular weight excluding hydrogens is 336 g/mol. The minimum absolute atomic E-state index is 0.0410. The molecule has 1 fully saturated rings. The number of benzene rings is 1. The second kappa shape index (κ2) is 8.42. The molecule has 1 amide bonds. The first kappa shape index (κ1) is 17.8. The number of para-hydroxylation sites is 1. The summed E-state index contributed by atoms with van der Waals surface area (Å²) >= 11 is 1.45. The molecule has 1 aliphatic heterocycles. The summed E-state index contributed by atoms with van der Waals surface area (Å²) in [5.74, 6) is -0.0410. The van der Waals surface area contributed by atoms with Crippen molar-refractivity contribution in [1.29, 1.82) is 0 Å². The maximum atomic E-state index is 12.2. The number of hydrogen-bond donors (Lipinski definition) is 1. The SMILES string of the molecule is Cc1csc(NC(=O)CN(C)Cc2ccccc2N2CCOCC2)n1. The molecule has 6 nitrogen and oxygen atoms in total. The van der Waals surface area contributed by atoms with E-state index in [1.165, 1.54) is 22.6 Å². The van der Waals surface area contributed by atoms with Crippen molar-refractivity contribution in [2.24, 2.45) is 0 Å². The zero-order valence-electron chi connectivity index (χ0n) is 14.7. The minimum atomic E-state index is -0.0410. The van der Waals surface area contributed by atoms with Crippen LogP contribution in [0.2, 0.25) is 0 Å². The molecule has 1 aromatic carbocycles.